The molecule has 8 rings (SSSR count). The third-order valence-corrected chi connectivity index (χ3v) is 15.5. The molecule has 0 unspecified atom stereocenters. The van der Waals surface area contributed by atoms with Gasteiger partial charge in [0.25, 0.3) is 0 Å². The van der Waals surface area contributed by atoms with Crippen molar-refractivity contribution in [2.45, 2.75) is 220 Å². The first-order chi connectivity index (χ1) is 38.8. The highest BCUT2D eigenvalue weighted by molar-refractivity contribution is 5.39. The van der Waals surface area contributed by atoms with E-state index in [4.69, 9.17) is 14.6 Å². The Balaban J connectivity index is 0.000000332. The fourth-order valence-electron chi connectivity index (χ4n) is 8.83. The summed E-state index contributed by atoms with van der Waals surface area (Å²) in [6.45, 7) is 50.6. The Hall–Kier alpha value is -6.24. The number of halogens is 2. The maximum absolute atomic E-state index is 12.9. The highest BCUT2D eigenvalue weighted by Crippen LogP contribution is 2.27. The summed E-state index contributed by atoms with van der Waals surface area (Å²) >= 11 is 0. The van der Waals surface area contributed by atoms with E-state index in [-0.39, 0.29) is 23.3 Å². The van der Waals surface area contributed by atoms with E-state index >= 15 is 0 Å². The molecule has 454 valence electrons. The van der Waals surface area contributed by atoms with Crippen molar-refractivity contribution in [2.75, 3.05) is 13.2 Å². The van der Waals surface area contributed by atoms with E-state index in [2.05, 4.69) is 210 Å². The van der Waals surface area contributed by atoms with Gasteiger partial charge in [0.1, 0.15) is 35.0 Å². The molecule has 0 bridgehead atoms. The van der Waals surface area contributed by atoms with Crippen LogP contribution in [0.15, 0.2) is 127 Å². The van der Waals surface area contributed by atoms with Crippen LogP contribution < -0.4 is 4.74 Å². The number of phenolic OH excluding ortho intramolecular Hbond substituents is 2. The number of rotatable bonds is 9. The quantitative estimate of drug-likeness (QED) is 0.151. The monoisotopic (exact) mass is 1130 g/mol. The van der Waals surface area contributed by atoms with Crippen LogP contribution in [0.5, 0.6) is 17.2 Å². The third-order valence-electron chi connectivity index (χ3n) is 15.5. The number of hydrogen-bond donors (Lipinski definition) is 2. The molecule has 1 aliphatic heterocycles. The Morgan fingerprint density at radius 3 is 1.24 bits per heavy atom. The van der Waals surface area contributed by atoms with Crippen molar-refractivity contribution in [1.29, 1.82) is 0 Å². The lowest BCUT2D eigenvalue weighted by Crippen LogP contribution is -2.25. The third kappa shape index (κ3) is 26.1. The predicted molar refractivity (Wildman–Crippen MR) is 354 cm³/mol. The average molecular weight is 1140 g/mol. The molecule has 4 nitrogen and oxygen atoms in total. The van der Waals surface area contributed by atoms with Crippen molar-refractivity contribution in [3.05, 3.63) is 228 Å². The standard InChI is InChI=1S/C14H20O2.C12H18.2C11H16.C10H13F.C10H14O.C9H11FO/c1-11(2)12-3-5-13(6-4-12)16-14-7-9-15-10-8-14;1-8(2)12-6-9(3)11(5)10(4)7-12;1-8(2)11-6-5-9(3)10(4)7-11;1-8(2)11-7-5-6-9(3)10(11)4;1-7(2)9-4-5-10(11)8(3)6-9;1-7(2)9-5-4-8(3)10(11)6-9;1-6(2)8-5-7(11)3-4-9(8)10/h3-6,11,14H,7-10H2,1-2H3;6-8H,1-5H3;2*5-8H,1-4H3;4-7H,1-3H3;4-7,11H,1-3H3;3-6,11H,1-2H3. The van der Waals surface area contributed by atoms with Gasteiger partial charge in [0.2, 0.25) is 0 Å². The molecule has 1 fully saturated rings. The molecule has 7 aromatic rings. The average Bonchev–Trinajstić information content (AvgIpc) is 3.43. The molecule has 0 spiro atoms. The summed E-state index contributed by atoms with van der Waals surface area (Å²) in [5.41, 5.74) is 20.2. The fraction of sp³-hybridized carbons (Fsp3) is 0.455. The minimum atomic E-state index is -0.252. The van der Waals surface area contributed by atoms with Crippen molar-refractivity contribution in [1.82, 2.24) is 0 Å². The van der Waals surface area contributed by atoms with Gasteiger partial charge in [0, 0.05) is 12.8 Å². The highest BCUT2D eigenvalue weighted by atomic mass is 19.1. The van der Waals surface area contributed by atoms with Gasteiger partial charge in [-0.05, 0) is 235 Å². The van der Waals surface area contributed by atoms with E-state index in [0.717, 1.165) is 42.9 Å². The van der Waals surface area contributed by atoms with E-state index in [1.165, 1.54) is 96.6 Å². The molecular formula is C77H108F2O4. The van der Waals surface area contributed by atoms with Crippen molar-refractivity contribution >= 4 is 0 Å². The molecule has 1 heterocycles. The molecule has 7 aromatic carbocycles. The Kier molecular flexibility index (Phi) is 32.0. The lowest BCUT2D eigenvalue weighted by atomic mass is 9.95. The SMILES string of the molecule is CC(C)c1cc(O)ccc1F.CC(C)c1ccc(OC2CCOCC2)cc1.Cc1cc(C(C)C)cc(C)c1C.Cc1cc(C(C)C)ccc1F.Cc1ccc(C(C)C)cc1C.Cc1ccc(C(C)C)cc1O.Cc1cccc(C(C)C)c1C. The normalized spacial score (nSPS) is 12.0. The van der Waals surface area contributed by atoms with Crippen LogP contribution in [0.3, 0.4) is 0 Å². The number of benzene rings is 7. The number of aryl methyl sites for hydroxylation is 7. The molecule has 0 radical (unpaired) electrons. The molecule has 83 heavy (non-hydrogen) atoms. The molecule has 1 saturated heterocycles. The summed E-state index contributed by atoms with van der Waals surface area (Å²) in [4.78, 5) is 0. The van der Waals surface area contributed by atoms with Gasteiger partial charge in [-0.2, -0.15) is 0 Å². The lowest BCUT2D eigenvalue weighted by Gasteiger charge is -2.23. The van der Waals surface area contributed by atoms with Crippen LogP contribution in [0.2, 0.25) is 0 Å². The van der Waals surface area contributed by atoms with Gasteiger partial charge in [-0.25, -0.2) is 8.78 Å². The summed E-state index contributed by atoms with van der Waals surface area (Å²) in [5.74, 6) is 4.73. The molecule has 1 aliphatic rings. The zero-order chi connectivity index (χ0) is 62.8. The van der Waals surface area contributed by atoms with E-state index in [9.17, 15) is 13.9 Å². The van der Waals surface area contributed by atoms with Crippen molar-refractivity contribution in [3.8, 4) is 17.2 Å². The molecule has 0 aliphatic carbocycles. The first-order valence-electron chi connectivity index (χ1n) is 30.4. The first-order valence-corrected chi connectivity index (χ1v) is 30.4. The molecule has 0 saturated carbocycles. The van der Waals surface area contributed by atoms with Gasteiger partial charge in [-0.3, -0.25) is 0 Å². The molecular weight excluding hydrogens is 1030 g/mol. The topological polar surface area (TPSA) is 58.9 Å². The smallest absolute Gasteiger partial charge is 0.126 e. The number of hydrogen-bond acceptors (Lipinski definition) is 4. The van der Waals surface area contributed by atoms with Crippen LogP contribution >= 0.6 is 0 Å². The molecule has 0 atom stereocenters. The van der Waals surface area contributed by atoms with Crippen LogP contribution in [0.1, 0.15) is 240 Å². The number of ether oxygens (including phenoxy) is 2. The summed E-state index contributed by atoms with van der Waals surface area (Å²) in [5, 5.41) is 18.4. The second-order valence-corrected chi connectivity index (χ2v) is 24.8. The molecule has 0 aromatic heterocycles. The second-order valence-electron chi connectivity index (χ2n) is 24.8. The van der Waals surface area contributed by atoms with Crippen molar-refractivity contribution in [2.24, 2.45) is 0 Å². The largest absolute Gasteiger partial charge is 0.508 e. The molecule has 0 amide bonds. The second kappa shape index (κ2) is 36.5. The van der Waals surface area contributed by atoms with Crippen LogP contribution in [0, 0.1) is 73.9 Å². The number of phenols is 2. The molecule has 6 heteroatoms. The fourth-order valence-corrected chi connectivity index (χ4v) is 8.83. The Labute approximate surface area is 504 Å². The van der Waals surface area contributed by atoms with Gasteiger partial charge >= 0.3 is 0 Å². The Morgan fingerprint density at radius 1 is 0.373 bits per heavy atom. The van der Waals surface area contributed by atoms with Crippen molar-refractivity contribution in [3.63, 3.8) is 0 Å². The predicted octanol–water partition coefficient (Wildman–Crippen LogP) is 22.7. The zero-order valence-electron chi connectivity index (χ0n) is 55.5. The van der Waals surface area contributed by atoms with E-state index in [1.807, 2.05) is 45.0 Å². The first kappa shape index (κ1) is 72.9. The minimum absolute atomic E-state index is 0.113. The van der Waals surface area contributed by atoms with Crippen molar-refractivity contribution < 1.29 is 28.5 Å². The summed E-state index contributed by atoms with van der Waals surface area (Å²) in [6.07, 6.45) is 2.34. The molecule has 2 N–H and O–H groups in total. The maximum atomic E-state index is 12.9. The Bertz CT molecular complexity index is 2830. The van der Waals surface area contributed by atoms with Gasteiger partial charge in [-0.15, -0.1) is 0 Å². The van der Waals surface area contributed by atoms with Gasteiger partial charge in [0.05, 0.1) is 13.2 Å². The summed E-state index contributed by atoms with van der Waals surface area (Å²) in [7, 11) is 0. The Morgan fingerprint density at radius 2 is 0.807 bits per heavy atom. The summed E-state index contributed by atoms with van der Waals surface area (Å²) < 4.78 is 36.9. The van der Waals surface area contributed by atoms with Crippen LogP contribution in [-0.2, 0) is 4.74 Å². The summed E-state index contributed by atoms with van der Waals surface area (Å²) in [6, 6.07) is 41.5. The minimum Gasteiger partial charge on any atom is -0.508 e. The van der Waals surface area contributed by atoms with E-state index < -0.39 is 0 Å². The van der Waals surface area contributed by atoms with E-state index in [0.29, 0.717) is 52.9 Å². The maximum Gasteiger partial charge on any atom is 0.126 e. The van der Waals surface area contributed by atoms with E-state index in [1.54, 1.807) is 6.92 Å². The van der Waals surface area contributed by atoms with Crippen LogP contribution in [0.4, 0.5) is 8.78 Å². The van der Waals surface area contributed by atoms with Gasteiger partial charge in [-0.1, -0.05) is 182 Å². The lowest BCUT2D eigenvalue weighted by molar-refractivity contribution is 0.0255. The van der Waals surface area contributed by atoms with Gasteiger partial charge in [0.15, 0.2) is 0 Å². The van der Waals surface area contributed by atoms with Crippen LogP contribution in [0.25, 0.3) is 0 Å². The zero-order valence-corrected chi connectivity index (χ0v) is 55.5. The number of aromatic hydroxyl groups is 2. The van der Waals surface area contributed by atoms with Gasteiger partial charge < -0.3 is 19.7 Å². The van der Waals surface area contributed by atoms with Crippen LogP contribution in [-0.4, -0.2) is 29.5 Å². The highest BCUT2D eigenvalue weighted by Gasteiger charge is 2.15.